The lowest BCUT2D eigenvalue weighted by Crippen LogP contribution is -2.43. The van der Waals surface area contributed by atoms with Gasteiger partial charge in [0.1, 0.15) is 0 Å². The maximum absolute atomic E-state index is 13.2. The second-order valence-corrected chi connectivity index (χ2v) is 7.43. The lowest BCUT2D eigenvalue weighted by Gasteiger charge is -2.36. The van der Waals surface area contributed by atoms with E-state index in [0.717, 1.165) is 44.2 Å². The van der Waals surface area contributed by atoms with E-state index in [4.69, 9.17) is 5.73 Å². The van der Waals surface area contributed by atoms with Crippen LogP contribution in [0.25, 0.3) is 0 Å². The highest BCUT2D eigenvalue weighted by atomic mass is 32.2. The van der Waals surface area contributed by atoms with Crippen molar-refractivity contribution in [2.75, 3.05) is 13.1 Å². The Morgan fingerprint density at radius 2 is 1.81 bits per heavy atom. The summed E-state index contributed by atoms with van der Waals surface area (Å²) in [5.74, 6) is -2.25. The van der Waals surface area contributed by atoms with Gasteiger partial charge in [-0.3, -0.25) is 0 Å². The first kappa shape index (κ1) is 16.3. The quantitative estimate of drug-likeness (QED) is 0.874. The van der Waals surface area contributed by atoms with Crippen LogP contribution in [0.5, 0.6) is 0 Å². The average Bonchev–Trinajstić information content (AvgIpc) is 2.49. The Bertz CT molecular complexity index is 599. The highest BCUT2D eigenvalue weighted by molar-refractivity contribution is 7.89. The van der Waals surface area contributed by atoms with Crippen LogP contribution in [0, 0.1) is 17.0 Å². The number of halogens is 2. The standard InChI is InChI=1S/C14H20F2N2O2S/c15-12-5-4-11(8-13(12)16)21(19,20)18-10-14(9-17)6-2-1-3-7-14/h4-5,8,18H,1-3,6-7,9-10,17H2. The number of nitrogens with two attached hydrogens (primary N) is 1. The van der Waals surface area contributed by atoms with Crippen LogP contribution < -0.4 is 10.5 Å². The van der Waals surface area contributed by atoms with E-state index >= 15 is 0 Å². The summed E-state index contributed by atoms with van der Waals surface area (Å²) in [5.41, 5.74) is 5.57. The SMILES string of the molecule is NCC1(CNS(=O)(=O)c2ccc(F)c(F)c2)CCCCC1. The highest BCUT2D eigenvalue weighted by Crippen LogP contribution is 2.35. The molecule has 21 heavy (non-hydrogen) atoms. The number of sulfonamides is 1. The first-order valence-corrected chi connectivity index (χ1v) is 8.52. The Balaban J connectivity index is 2.11. The summed E-state index contributed by atoms with van der Waals surface area (Å²) < 4.78 is 52.8. The molecule has 1 saturated carbocycles. The van der Waals surface area contributed by atoms with Gasteiger partial charge >= 0.3 is 0 Å². The van der Waals surface area contributed by atoms with E-state index in [-0.39, 0.29) is 16.9 Å². The Hall–Kier alpha value is -1.05. The van der Waals surface area contributed by atoms with Crippen LogP contribution >= 0.6 is 0 Å². The summed E-state index contributed by atoms with van der Waals surface area (Å²) in [4.78, 5) is -0.274. The molecule has 1 aliphatic rings. The van der Waals surface area contributed by atoms with E-state index in [9.17, 15) is 17.2 Å². The number of hydrogen-bond donors (Lipinski definition) is 2. The molecule has 0 aliphatic heterocycles. The van der Waals surface area contributed by atoms with Gasteiger partial charge in [0.15, 0.2) is 11.6 Å². The van der Waals surface area contributed by atoms with Gasteiger partial charge in [-0.2, -0.15) is 0 Å². The van der Waals surface area contributed by atoms with Gasteiger partial charge in [-0.1, -0.05) is 19.3 Å². The molecule has 2 rings (SSSR count). The molecule has 0 saturated heterocycles. The molecule has 0 unspecified atom stereocenters. The van der Waals surface area contributed by atoms with Crippen molar-refractivity contribution >= 4 is 10.0 Å². The smallest absolute Gasteiger partial charge is 0.240 e. The largest absolute Gasteiger partial charge is 0.330 e. The minimum absolute atomic E-state index is 0.227. The van der Waals surface area contributed by atoms with E-state index in [2.05, 4.69) is 4.72 Å². The number of hydrogen-bond acceptors (Lipinski definition) is 3. The van der Waals surface area contributed by atoms with Crippen LogP contribution in [0.3, 0.4) is 0 Å². The topological polar surface area (TPSA) is 72.2 Å². The fourth-order valence-electron chi connectivity index (χ4n) is 2.73. The van der Waals surface area contributed by atoms with Crippen molar-refractivity contribution < 1.29 is 17.2 Å². The van der Waals surface area contributed by atoms with E-state index in [1.165, 1.54) is 0 Å². The number of benzene rings is 1. The molecule has 0 spiro atoms. The average molecular weight is 318 g/mol. The third-order valence-corrected chi connectivity index (χ3v) is 5.58. The first-order chi connectivity index (χ1) is 9.88. The van der Waals surface area contributed by atoms with Crippen molar-refractivity contribution in [3.05, 3.63) is 29.8 Å². The van der Waals surface area contributed by atoms with Crippen LogP contribution in [0.1, 0.15) is 32.1 Å². The highest BCUT2D eigenvalue weighted by Gasteiger charge is 2.32. The minimum Gasteiger partial charge on any atom is -0.330 e. The van der Waals surface area contributed by atoms with Crippen molar-refractivity contribution in [1.82, 2.24) is 4.72 Å². The maximum Gasteiger partial charge on any atom is 0.240 e. The molecule has 0 radical (unpaired) electrons. The lowest BCUT2D eigenvalue weighted by atomic mass is 9.74. The van der Waals surface area contributed by atoms with Gasteiger partial charge in [-0.25, -0.2) is 21.9 Å². The van der Waals surface area contributed by atoms with Crippen LogP contribution in [-0.2, 0) is 10.0 Å². The van der Waals surface area contributed by atoms with Crippen molar-refractivity contribution in [2.45, 2.75) is 37.0 Å². The molecule has 4 nitrogen and oxygen atoms in total. The third-order valence-electron chi connectivity index (χ3n) is 4.19. The van der Waals surface area contributed by atoms with Crippen LogP contribution in [0.2, 0.25) is 0 Å². The van der Waals surface area contributed by atoms with Crippen molar-refractivity contribution in [3.63, 3.8) is 0 Å². The first-order valence-electron chi connectivity index (χ1n) is 7.03. The van der Waals surface area contributed by atoms with Gasteiger partial charge < -0.3 is 5.73 Å². The molecular weight excluding hydrogens is 298 g/mol. The van der Waals surface area contributed by atoms with Gasteiger partial charge in [0.05, 0.1) is 4.90 Å². The van der Waals surface area contributed by atoms with Gasteiger partial charge in [0.2, 0.25) is 10.0 Å². The molecule has 1 fully saturated rings. The van der Waals surface area contributed by atoms with Gasteiger partial charge in [0, 0.05) is 6.54 Å². The van der Waals surface area contributed by atoms with Crippen molar-refractivity contribution in [2.24, 2.45) is 11.1 Å². The van der Waals surface area contributed by atoms with E-state index < -0.39 is 21.7 Å². The van der Waals surface area contributed by atoms with Crippen LogP contribution in [-0.4, -0.2) is 21.5 Å². The predicted octanol–water partition coefficient (Wildman–Crippen LogP) is 2.15. The Morgan fingerprint density at radius 3 is 2.38 bits per heavy atom. The predicted molar refractivity (Wildman–Crippen MR) is 76.1 cm³/mol. The normalized spacial score (nSPS) is 18.6. The molecule has 0 heterocycles. The third kappa shape index (κ3) is 3.78. The van der Waals surface area contributed by atoms with E-state index in [0.29, 0.717) is 12.6 Å². The van der Waals surface area contributed by atoms with Gasteiger partial charge in [-0.05, 0) is 43.0 Å². The fraction of sp³-hybridized carbons (Fsp3) is 0.571. The summed E-state index contributed by atoms with van der Waals surface area (Å²) >= 11 is 0. The van der Waals surface area contributed by atoms with Gasteiger partial charge in [-0.15, -0.1) is 0 Å². The van der Waals surface area contributed by atoms with Crippen molar-refractivity contribution in [1.29, 1.82) is 0 Å². The molecule has 0 aromatic heterocycles. The Labute approximate surface area is 123 Å². The monoisotopic (exact) mass is 318 g/mol. The maximum atomic E-state index is 13.2. The molecule has 1 aliphatic carbocycles. The zero-order valence-electron chi connectivity index (χ0n) is 11.7. The Kier molecular flexibility index (Phi) is 4.95. The van der Waals surface area contributed by atoms with E-state index in [1.807, 2.05) is 0 Å². The number of nitrogens with one attached hydrogen (secondary N) is 1. The summed E-state index contributed by atoms with van der Waals surface area (Å²) in [5, 5.41) is 0. The molecule has 7 heteroatoms. The molecule has 1 aromatic rings. The fourth-order valence-corrected chi connectivity index (χ4v) is 3.90. The molecule has 1 aromatic carbocycles. The summed E-state index contributed by atoms with van der Waals surface area (Å²) in [6, 6.07) is 2.55. The molecular formula is C14H20F2N2O2S. The van der Waals surface area contributed by atoms with E-state index in [1.54, 1.807) is 0 Å². The Morgan fingerprint density at radius 1 is 1.14 bits per heavy atom. The summed E-state index contributed by atoms with van der Waals surface area (Å²) in [6.07, 6.45) is 4.96. The van der Waals surface area contributed by atoms with Gasteiger partial charge in [0.25, 0.3) is 0 Å². The second-order valence-electron chi connectivity index (χ2n) is 5.67. The molecule has 118 valence electrons. The van der Waals surface area contributed by atoms with Crippen molar-refractivity contribution in [3.8, 4) is 0 Å². The zero-order chi connectivity index (χ0) is 15.5. The second kappa shape index (κ2) is 6.37. The van der Waals surface area contributed by atoms with Crippen LogP contribution in [0.15, 0.2) is 23.1 Å². The zero-order valence-corrected chi connectivity index (χ0v) is 12.6. The minimum atomic E-state index is -3.86. The molecule has 3 N–H and O–H groups in total. The lowest BCUT2D eigenvalue weighted by molar-refractivity contribution is 0.202. The summed E-state index contributed by atoms with van der Waals surface area (Å²) in [7, 11) is -3.86. The summed E-state index contributed by atoms with van der Waals surface area (Å²) in [6.45, 7) is 0.637. The van der Waals surface area contributed by atoms with Crippen LogP contribution in [0.4, 0.5) is 8.78 Å². The molecule has 0 atom stereocenters. The molecule has 0 bridgehead atoms. The number of rotatable bonds is 5. The molecule has 0 amide bonds.